The fraction of sp³-hybridized carbons (Fsp3) is 0.0526. The van der Waals surface area contributed by atoms with Crippen LogP contribution >= 0.6 is 0 Å². The van der Waals surface area contributed by atoms with Gasteiger partial charge >= 0.3 is 369 Å². The van der Waals surface area contributed by atoms with Crippen molar-refractivity contribution in [3.63, 3.8) is 0 Å². The van der Waals surface area contributed by atoms with Gasteiger partial charge in [-0.2, -0.15) is 0 Å². The van der Waals surface area contributed by atoms with Gasteiger partial charge < -0.3 is 0 Å². The van der Waals surface area contributed by atoms with Crippen molar-refractivity contribution in [3.05, 3.63) is 216 Å². The van der Waals surface area contributed by atoms with Crippen LogP contribution in [0.3, 0.4) is 0 Å². The number of hydrogen-bond acceptors (Lipinski definition) is 1. The van der Waals surface area contributed by atoms with Gasteiger partial charge in [-0.3, -0.25) is 0 Å². The van der Waals surface area contributed by atoms with Gasteiger partial charge in [0.2, 0.25) is 0 Å². The summed E-state index contributed by atoms with van der Waals surface area (Å²) in [5.41, 5.74) is 16.8. The van der Waals surface area contributed by atoms with E-state index in [1.54, 1.807) is 0 Å². The minimum atomic E-state index is -0.772. The van der Waals surface area contributed by atoms with Crippen molar-refractivity contribution in [1.82, 2.24) is 13.7 Å². The first kappa shape index (κ1) is 34.7. The Labute approximate surface area is 366 Å². The normalized spacial score (nSPS) is 15.8. The third kappa shape index (κ3) is 4.84. The van der Waals surface area contributed by atoms with Gasteiger partial charge in [-0.1, -0.05) is 0 Å². The first-order valence-electron chi connectivity index (χ1n) is 21.4. The van der Waals surface area contributed by atoms with Crippen LogP contribution < -0.4 is 3.61 Å². The number of Topliss-reactive ketones (excluding diaryl/α,β-unsaturated/α-hetero) is 1. The van der Waals surface area contributed by atoms with Crippen molar-refractivity contribution >= 4 is 98.8 Å². The molecular formula is C57H36N3OTe. The van der Waals surface area contributed by atoms with Crippen LogP contribution in [0, 0.1) is 5.92 Å². The first-order chi connectivity index (χ1) is 30.7. The molecule has 0 amide bonds. The zero-order chi connectivity index (χ0) is 40.6. The number of allylic oxidation sites excluding steroid dienone is 4. The summed E-state index contributed by atoms with van der Waals surface area (Å²) in [5, 5.41) is 7.48. The summed E-state index contributed by atoms with van der Waals surface area (Å²) in [6, 6.07) is 64.0. The molecule has 62 heavy (non-hydrogen) atoms. The second kappa shape index (κ2) is 13.0. The molecule has 14 rings (SSSR count). The monoisotopic (exact) mass is 908 g/mol. The maximum atomic E-state index is 14.9. The van der Waals surface area contributed by atoms with Crippen LogP contribution in [0.2, 0.25) is 0 Å². The van der Waals surface area contributed by atoms with E-state index in [1.807, 2.05) is 0 Å². The molecule has 5 heteroatoms. The molecule has 0 fully saturated rings. The summed E-state index contributed by atoms with van der Waals surface area (Å²) >= 11 is -0.772. The Morgan fingerprint density at radius 1 is 0.452 bits per heavy atom. The number of rotatable bonds is 3. The molecule has 0 N–H and O–H groups in total. The number of carbonyl (C=O) groups excluding carboxylic acids is 1. The molecule has 4 heterocycles. The van der Waals surface area contributed by atoms with Gasteiger partial charge in [-0.15, -0.1) is 0 Å². The van der Waals surface area contributed by atoms with Gasteiger partial charge in [0.15, 0.2) is 0 Å². The maximum absolute atomic E-state index is 14.9. The van der Waals surface area contributed by atoms with Crippen LogP contribution in [0.5, 0.6) is 0 Å². The van der Waals surface area contributed by atoms with Crippen LogP contribution in [0.25, 0.3) is 82.5 Å². The number of carbonyl (C=O) groups is 1. The summed E-state index contributed by atoms with van der Waals surface area (Å²) in [6.07, 6.45) is 6.40. The Morgan fingerprint density at radius 3 is 1.44 bits per heavy atom. The van der Waals surface area contributed by atoms with E-state index >= 15 is 0 Å². The van der Waals surface area contributed by atoms with Crippen molar-refractivity contribution in [2.24, 2.45) is 5.92 Å². The van der Waals surface area contributed by atoms with Crippen molar-refractivity contribution in [2.45, 2.75) is 12.8 Å². The third-order valence-corrected chi connectivity index (χ3v) is 17.1. The Hall–Kier alpha value is -7.03. The molecule has 4 nitrogen and oxygen atoms in total. The van der Waals surface area contributed by atoms with E-state index in [0.717, 1.165) is 35.1 Å². The summed E-state index contributed by atoms with van der Waals surface area (Å²) in [4.78, 5) is 14.9. The van der Waals surface area contributed by atoms with Crippen LogP contribution in [0.4, 0.5) is 0 Å². The number of nitrogens with zero attached hydrogens (tertiary/aromatic N) is 3. The zero-order valence-corrected chi connectivity index (χ0v) is 35.9. The van der Waals surface area contributed by atoms with E-state index in [1.165, 1.54) is 95.2 Å². The molecule has 3 aromatic heterocycles. The van der Waals surface area contributed by atoms with Gasteiger partial charge in [0.05, 0.1) is 0 Å². The molecule has 3 aliphatic rings. The summed E-state index contributed by atoms with van der Waals surface area (Å²) in [5.74, 6) is 0.0130. The minimum absolute atomic E-state index is 0.216. The van der Waals surface area contributed by atoms with Crippen molar-refractivity contribution in [2.75, 3.05) is 0 Å². The van der Waals surface area contributed by atoms with E-state index in [9.17, 15) is 4.79 Å². The molecule has 1 radical (unpaired) electrons. The zero-order valence-electron chi connectivity index (χ0n) is 33.5. The molecule has 0 saturated heterocycles. The third-order valence-electron chi connectivity index (χ3n) is 13.7. The number of benzene rings is 8. The summed E-state index contributed by atoms with van der Waals surface area (Å²) in [6.45, 7) is 0. The van der Waals surface area contributed by atoms with Crippen LogP contribution in [-0.4, -0.2) is 43.5 Å². The number of hydrogen-bond donors (Lipinski definition) is 0. The fourth-order valence-corrected chi connectivity index (χ4v) is 14.3. The molecule has 1 unspecified atom stereocenters. The molecule has 0 saturated carbocycles. The molecule has 1 atom stereocenters. The molecular weight excluding hydrogens is 870 g/mol. The summed E-state index contributed by atoms with van der Waals surface area (Å²) < 4.78 is 9.87. The van der Waals surface area contributed by atoms with E-state index in [2.05, 4.69) is 202 Å². The Morgan fingerprint density at radius 2 is 0.919 bits per heavy atom. The van der Waals surface area contributed by atoms with Crippen molar-refractivity contribution in [3.8, 4) is 17.1 Å². The number of fused-ring (bicyclic) bond motifs is 13. The number of aromatic nitrogens is 3. The molecule has 0 spiro atoms. The molecule has 11 aromatic rings. The fourth-order valence-electron chi connectivity index (χ4n) is 11.0. The second-order valence-corrected chi connectivity index (χ2v) is 20.1. The number of ketones is 1. The van der Waals surface area contributed by atoms with Crippen LogP contribution in [-0.2, 0) is 12.8 Å². The predicted molar refractivity (Wildman–Crippen MR) is 258 cm³/mol. The van der Waals surface area contributed by atoms with E-state index < -0.39 is 20.5 Å². The Bertz CT molecular complexity index is 3740. The first-order valence-corrected chi connectivity index (χ1v) is 23.8. The molecule has 8 aromatic carbocycles. The number of para-hydroxylation sites is 6. The van der Waals surface area contributed by atoms with Gasteiger partial charge in [-0.25, -0.2) is 0 Å². The van der Waals surface area contributed by atoms with E-state index in [0.29, 0.717) is 0 Å². The van der Waals surface area contributed by atoms with Gasteiger partial charge in [0, 0.05) is 0 Å². The van der Waals surface area contributed by atoms with Crippen molar-refractivity contribution in [1.29, 1.82) is 0 Å². The SMILES string of the molecule is O=C1c2cc(-n3c4ccccc4c4ccccc43)ccc2[Te]=C2C=C3Cc4cc(-n5c6ccccc6c6ccccc65)cc(-n5c6ccccc6c6ccccc65)c4CC3=CC12. The average Bonchev–Trinajstić information content (AvgIpc) is 3.96. The average molecular weight is 907 g/mol. The quantitative estimate of drug-likeness (QED) is 0.163. The predicted octanol–water partition coefficient (Wildman–Crippen LogP) is 12.0. The molecule has 2 aliphatic carbocycles. The van der Waals surface area contributed by atoms with Gasteiger partial charge in [0.1, 0.15) is 0 Å². The van der Waals surface area contributed by atoms with Crippen LogP contribution in [0.1, 0.15) is 21.5 Å². The summed E-state index contributed by atoms with van der Waals surface area (Å²) in [7, 11) is 0. The Balaban J connectivity index is 0.951. The van der Waals surface area contributed by atoms with E-state index in [4.69, 9.17) is 0 Å². The second-order valence-electron chi connectivity index (χ2n) is 17.0. The van der Waals surface area contributed by atoms with Gasteiger partial charge in [-0.05, 0) is 0 Å². The molecule has 1 aliphatic heterocycles. The standard InChI is InChI=1S/C57H36N3OTe/c61-57-46-30-35-29-45-36(27-34(35)31-56(46)62-55-26-25-37(32-47(55)57)58-48-19-7-1-13-39(48)40-14-2-8-20-49(40)58)28-38(59-50-21-9-3-15-41(50)42-16-4-10-22-51(42)59)33-54(45)60-52-23-11-5-17-43(52)44-18-6-12-24-53(44)60/h1-26,28,30-33,46H,27,29H2. The van der Waals surface area contributed by atoms with Crippen LogP contribution in [0.15, 0.2) is 199 Å². The molecule has 0 bridgehead atoms. The molecule has 291 valence electrons. The Kier molecular flexibility index (Phi) is 7.26. The topological polar surface area (TPSA) is 31.9 Å². The van der Waals surface area contributed by atoms with Gasteiger partial charge in [0.25, 0.3) is 0 Å². The van der Waals surface area contributed by atoms with E-state index in [-0.39, 0.29) is 11.7 Å². The van der Waals surface area contributed by atoms with Crippen molar-refractivity contribution < 1.29 is 4.79 Å².